The smallest absolute Gasteiger partial charge is 0.362 e. The number of carbonyl (C=O) groups excluding carboxylic acids is 1. The number of alkyl halides is 3. The van der Waals surface area contributed by atoms with Crippen LogP contribution in [0.15, 0.2) is 33.8 Å². The van der Waals surface area contributed by atoms with Gasteiger partial charge in [0.2, 0.25) is 0 Å². The third-order valence-electron chi connectivity index (χ3n) is 3.19. The van der Waals surface area contributed by atoms with Gasteiger partial charge in [-0.1, -0.05) is 22.9 Å². The zero-order valence-electron chi connectivity index (χ0n) is 11.0. The Morgan fingerprint density at radius 1 is 1.43 bits per heavy atom. The first kappa shape index (κ1) is 16.0. The van der Waals surface area contributed by atoms with Crippen molar-refractivity contribution in [1.82, 2.24) is 5.01 Å². The molecule has 1 amide bonds. The van der Waals surface area contributed by atoms with Gasteiger partial charge in [0.25, 0.3) is 11.6 Å². The van der Waals surface area contributed by atoms with Crippen molar-refractivity contribution >= 4 is 27.5 Å². The van der Waals surface area contributed by atoms with Crippen LogP contribution in [0, 0.1) is 0 Å². The molecule has 0 aliphatic carbocycles. The van der Waals surface area contributed by atoms with Crippen molar-refractivity contribution in [1.29, 1.82) is 0 Å². The summed E-state index contributed by atoms with van der Waals surface area (Å²) in [6.07, 6.45) is -5.49. The van der Waals surface area contributed by atoms with E-state index in [1.54, 1.807) is 6.92 Å². The summed E-state index contributed by atoms with van der Waals surface area (Å²) >= 11 is 3.17. The molecule has 1 aromatic rings. The van der Waals surface area contributed by atoms with Crippen LogP contribution in [0.5, 0.6) is 0 Å². The van der Waals surface area contributed by atoms with Gasteiger partial charge in [-0.25, -0.2) is 0 Å². The Bertz CT molecular complexity index is 586. The molecule has 1 aromatic carbocycles. The molecule has 1 unspecified atom stereocenters. The minimum absolute atomic E-state index is 0.0157. The molecule has 0 aromatic heterocycles. The van der Waals surface area contributed by atoms with Gasteiger partial charge >= 0.3 is 6.18 Å². The number of benzene rings is 1. The number of aliphatic hydroxyl groups is 1. The van der Waals surface area contributed by atoms with E-state index in [0.717, 1.165) is 0 Å². The largest absolute Gasteiger partial charge is 0.438 e. The zero-order valence-corrected chi connectivity index (χ0v) is 12.6. The quantitative estimate of drug-likeness (QED) is 0.875. The van der Waals surface area contributed by atoms with E-state index in [1.165, 1.54) is 24.3 Å². The highest BCUT2D eigenvalue weighted by Crippen LogP contribution is 2.41. The van der Waals surface area contributed by atoms with Crippen molar-refractivity contribution < 1.29 is 23.1 Å². The van der Waals surface area contributed by atoms with Gasteiger partial charge in [0.05, 0.1) is 0 Å². The molecule has 21 heavy (non-hydrogen) atoms. The average Bonchev–Trinajstić information content (AvgIpc) is 2.77. The van der Waals surface area contributed by atoms with Crippen LogP contribution in [0.25, 0.3) is 0 Å². The Morgan fingerprint density at radius 2 is 2.00 bits per heavy atom. The molecule has 1 heterocycles. The van der Waals surface area contributed by atoms with Crippen molar-refractivity contribution in [3.8, 4) is 0 Å². The highest BCUT2D eigenvalue weighted by Gasteiger charge is 2.63. The standard InChI is InChI=1S/C13H12BrF3N2O2/c1-2-10-7-12(21,13(15,16)17)19(18-10)11(20)8-3-5-9(14)6-4-8/h3-6,21H,2,7H2,1H3. The molecule has 0 saturated carbocycles. The number of hydrogen-bond donors (Lipinski definition) is 1. The van der Waals surface area contributed by atoms with Crippen LogP contribution in [-0.2, 0) is 0 Å². The van der Waals surface area contributed by atoms with Crippen LogP contribution >= 0.6 is 15.9 Å². The summed E-state index contributed by atoms with van der Waals surface area (Å²) in [5.41, 5.74) is -3.15. The third kappa shape index (κ3) is 2.82. The first-order chi connectivity index (χ1) is 9.69. The van der Waals surface area contributed by atoms with E-state index in [1.807, 2.05) is 0 Å². The topological polar surface area (TPSA) is 52.9 Å². The van der Waals surface area contributed by atoms with Crippen molar-refractivity contribution in [3.63, 3.8) is 0 Å². The van der Waals surface area contributed by atoms with Crippen LogP contribution < -0.4 is 0 Å². The summed E-state index contributed by atoms with van der Waals surface area (Å²) in [6, 6.07) is 5.78. The maximum Gasteiger partial charge on any atom is 0.438 e. The molecule has 8 heteroatoms. The molecular weight excluding hydrogens is 353 g/mol. The Morgan fingerprint density at radius 3 is 2.48 bits per heavy atom. The summed E-state index contributed by atoms with van der Waals surface area (Å²) in [6.45, 7) is 1.61. The molecule has 1 aliphatic rings. The normalized spacial score (nSPS) is 22.4. The number of amides is 1. The van der Waals surface area contributed by atoms with E-state index in [-0.39, 0.29) is 22.7 Å². The minimum Gasteiger partial charge on any atom is -0.362 e. The second kappa shape index (κ2) is 5.42. The Hall–Kier alpha value is -1.41. The van der Waals surface area contributed by atoms with Crippen molar-refractivity contribution in [2.45, 2.75) is 31.7 Å². The number of halogens is 4. The first-order valence-corrected chi connectivity index (χ1v) is 6.94. The fourth-order valence-corrected chi connectivity index (χ4v) is 2.23. The van der Waals surface area contributed by atoms with E-state index in [9.17, 15) is 23.1 Å². The zero-order chi connectivity index (χ0) is 15.8. The lowest BCUT2D eigenvalue weighted by Gasteiger charge is -2.32. The number of nitrogens with zero attached hydrogens (tertiary/aromatic N) is 2. The lowest BCUT2D eigenvalue weighted by atomic mass is 10.0. The van der Waals surface area contributed by atoms with E-state index >= 15 is 0 Å². The van der Waals surface area contributed by atoms with Crippen molar-refractivity contribution in [3.05, 3.63) is 34.3 Å². The van der Waals surface area contributed by atoms with E-state index in [4.69, 9.17) is 0 Å². The van der Waals surface area contributed by atoms with Gasteiger partial charge < -0.3 is 5.11 Å². The Kier molecular flexibility index (Phi) is 4.12. The Labute approximate surface area is 127 Å². The molecule has 0 saturated heterocycles. The van der Waals surface area contributed by atoms with Gasteiger partial charge in [0.15, 0.2) is 0 Å². The summed E-state index contributed by atoms with van der Waals surface area (Å²) < 4.78 is 40.0. The maximum absolute atomic E-state index is 13.1. The predicted molar refractivity (Wildman–Crippen MR) is 73.7 cm³/mol. The number of rotatable bonds is 2. The first-order valence-electron chi connectivity index (χ1n) is 6.14. The highest BCUT2D eigenvalue weighted by atomic mass is 79.9. The SMILES string of the molecule is CCC1=NN(C(=O)c2ccc(Br)cc2)C(O)(C(F)(F)F)C1. The maximum atomic E-state index is 13.1. The van der Waals surface area contributed by atoms with Crippen LogP contribution in [0.1, 0.15) is 30.1 Å². The van der Waals surface area contributed by atoms with Gasteiger partial charge in [0.1, 0.15) is 0 Å². The molecule has 0 bridgehead atoms. The molecular formula is C13H12BrF3N2O2. The van der Waals surface area contributed by atoms with E-state index in [0.29, 0.717) is 4.47 Å². The van der Waals surface area contributed by atoms with E-state index in [2.05, 4.69) is 21.0 Å². The fourth-order valence-electron chi connectivity index (χ4n) is 1.96. The molecule has 1 atom stereocenters. The molecule has 114 valence electrons. The van der Waals surface area contributed by atoms with Gasteiger partial charge in [-0.3, -0.25) is 4.79 Å². The highest BCUT2D eigenvalue weighted by molar-refractivity contribution is 9.10. The van der Waals surface area contributed by atoms with Crippen molar-refractivity contribution in [2.75, 3.05) is 0 Å². The van der Waals surface area contributed by atoms with Gasteiger partial charge in [-0.15, -0.1) is 0 Å². The lowest BCUT2D eigenvalue weighted by molar-refractivity contribution is -0.297. The number of carbonyl (C=O) groups is 1. The van der Waals surface area contributed by atoms with Crippen LogP contribution in [-0.4, -0.2) is 33.6 Å². The Balaban J connectivity index is 2.40. The predicted octanol–water partition coefficient (Wildman–Crippen LogP) is 3.31. The second-order valence-corrected chi connectivity index (χ2v) is 5.55. The monoisotopic (exact) mass is 364 g/mol. The number of hydrazone groups is 1. The van der Waals surface area contributed by atoms with Crippen LogP contribution in [0.3, 0.4) is 0 Å². The molecule has 1 N–H and O–H groups in total. The summed E-state index contributed by atoms with van der Waals surface area (Å²) in [5, 5.41) is 13.7. The third-order valence-corrected chi connectivity index (χ3v) is 3.72. The lowest BCUT2D eigenvalue weighted by Crippen LogP contribution is -2.56. The summed E-state index contributed by atoms with van der Waals surface area (Å²) in [4.78, 5) is 12.2. The van der Waals surface area contributed by atoms with Gasteiger partial charge in [0, 0.05) is 22.2 Å². The number of hydrogen-bond acceptors (Lipinski definition) is 3. The van der Waals surface area contributed by atoms with Gasteiger partial charge in [-0.2, -0.15) is 23.3 Å². The summed E-state index contributed by atoms with van der Waals surface area (Å²) in [5.74, 6) is -0.995. The molecule has 4 nitrogen and oxygen atoms in total. The molecule has 0 radical (unpaired) electrons. The molecule has 2 rings (SSSR count). The molecule has 1 aliphatic heterocycles. The van der Waals surface area contributed by atoms with Crippen molar-refractivity contribution in [2.24, 2.45) is 5.10 Å². The second-order valence-electron chi connectivity index (χ2n) is 4.63. The fraction of sp³-hybridized carbons (Fsp3) is 0.385. The van der Waals surface area contributed by atoms with Crippen LogP contribution in [0.4, 0.5) is 13.2 Å². The average molecular weight is 365 g/mol. The minimum atomic E-state index is -4.99. The van der Waals surface area contributed by atoms with Gasteiger partial charge in [-0.05, 0) is 30.7 Å². The molecule has 0 fully saturated rings. The van der Waals surface area contributed by atoms with Crippen LogP contribution in [0.2, 0.25) is 0 Å². The summed E-state index contributed by atoms with van der Waals surface area (Å²) in [7, 11) is 0. The van der Waals surface area contributed by atoms with E-state index < -0.39 is 24.2 Å². The molecule has 0 spiro atoms.